The normalized spacial score (nSPS) is 16.4. The topological polar surface area (TPSA) is 142 Å². The molecule has 1 unspecified atom stereocenters. The number of ether oxygens (including phenoxy) is 1. The molecule has 3 N–H and O–H groups in total. The second-order valence-electron chi connectivity index (χ2n) is 13.8. The molecule has 270 valence electrons. The lowest BCUT2D eigenvalue weighted by molar-refractivity contribution is -0.135. The number of aromatic nitrogens is 3. The van der Waals surface area contributed by atoms with E-state index in [1.54, 1.807) is 42.1 Å². The van der Waals surface area contributed by atoms with Crippen molar-refractivity contribution in [1.82, 2.24) is 24.6 Å². The Balaban J connectivity index is 0.911. The summed E-state index contributed by atoms with van der Waals surface area (Å²) in [6.07, 6.45) is 0.664. The van der Waals surface area contributed by atoms with Crippen molar-refractivity contribution in [1.29, 1.82) is 0 Å². The molecule has 53 heavy (non-hydrogen) atoms. The fourth-order valence-electron chi connectivity index (χ4n) is 7.76. The molecule has 6 aromatic rings. The van der Waals surface area contributed by atoms with Crippen LogP contribution in [0.4, 0.5) is 5.69 Å². The summed E-state index contributed by atoms with van der Waals surface area (Å²) in [6.45, 7) is 5.07. The molecular weight excluding hydrogens is 672 g/mol. The van der Waals surface area contributed by atoms with Gasteiger partial charge in [-0.3, -0.25) is 24.4 Å². The van der Waals surface area contributed by atoms with Crippen LogP contribution in [0.1, 0.15) is 35.6 Å². The van der Waals surface area contributed by atoms with Crippen LogP contribution >= 0.6 is 0 Å². The van der Waals surface area contributed by atoms with Gasteiger partial charge in [-0.25, -0.2) is 0 Å². The highest BCUT2D eigenvalue weighted by Crippen LogP contribution is 2.37. The van der Waals surface area contributed by atoms with Gasteiger partial charge >= 0.3 is 0 Å². The lowest BCUT2D eigenvalue weighted by Gasteiger charge is -2.36. The molecule has 0 spiro atoms. The summed E-state index contributed by atoms with van der Waals surface area (Å²) in [5.41, 5.74) is 7.61. The minimum Gasteiger partial charge on any atom is -0.508 e. The van der Waals surface area contributed by atoms with E-state index in [-0.39, 0.29) is 42.2 Å². The Morgan fingerprint density at radius 3 is 2.38 bits per heavy atom. The summed E-state index contributed by atoms with van der Waals surface area (Å²) >= 11 is 0. The Kier molecular flexibility index (Phi) is 8.73. The van der Waals surface area contributed by atoms with Gasteiger partial charge in [-0.1, -0.05) is 24.3 Å². The minimum absolute atomic E-state index is 0.100. The molecule has 12 nitrogen and oxygen atoms in total. The highest BCUT2D eigenvalue weighted by atomic mass is 16.5. The first-order valence-electron chi connectivity index (χ1n) is 17.8. The van der Waals surface area contributed by atoms with Crippen LogP contribution in [0.3, 0.4) is 0 Å². The number of amides is 3. The number of benzene rings is 4. The first-order valence-corrected chi connectivity index (χ1v) is 17.8. The molecule has 3 amide bonds. The maximum atomic E-state index is 13.3. The largest absolute Gasteiger partial charge is 0.508 e. The number of aryl methyl sites for hydroxylation is 2. The number of imide groups is 1. The van der Waals surface area contributed by atoms with Crippen molar-refractivity contribution in [3.05, 3.63) is 102 Å². The van der Waals surface area contributed by atoms with Crippen LogP contribution in [0.5, 0.6) is 17.2 Å². The number of carbonyl (C=O) groups is 3. The van der Waals surface area contributed by atoms with Gasteiger partial charge < -0.3 is 29.3 Å². The third-order valence-corrected chi connectivity index (χ3v) is 10.5. The number of piperidine rings is 1. The van der Waals surface area contributed by atoms with Gasteiger partial charge in [-0.2, -0.15) is 5.10 Å². The van der Waals surface area contributed by atoms with E-state index in [0.717, 1.165) is 44.4 Å². The molecule has 2 aliphatic heterocycles. The molecule has 12 heteroatoms. The summed E-state index contributed by atoms with van der Waals surface area (Å²) in [6, 6.07) is 26.7. The first-order chi connectivity index (χ1) is 25.6. The van der Waals surface area contributed by atoms with Crippen molar-refractivity contribution in [2.24, 2.45) is 7.05 Å². The Bertz CT molecular complexity index is 2370. The quantitative estimate of drug-likeness (QED) is 0.183. The van der Waals surface area contributed by atoms with Crippen LogP contribution in [0.2, 0.25) is 0 Å². The van der Waals surface area contributed by atoms with Gasteiger partial charge in [-0.05, 0) is 90.7 Å². The van der Waals surface area contributed by atoms with Gasteiger partial charge in [0.15, 0.2) is 6.61 Å². The predicted octanol–water partition coefficient (Wildman–Crippen LogP) is 5.21. The number of carbonyl (C=O) groups excluding carboxylic acids is 3. The second kappa shape index (κ2) is 13.7. The highest BCUT2D eigenvalue weighted by Gasteiger charge is 2.32. The van der Waals surface area contributed by atoms with E-state index < -0.39 is 5.92 Å². The van der Waals surface area contributed by atoms with Crippen LogP contribution in [0.15, 0.2) is 84.9 Å². The monoisotopic (exact) mass is 712 g/mol. The molecule has 2 aromatic heterocycles. The molecule has 1 atom stereocenters. The summed E-state index contributed by atoms with van der Waals surface area (Å²) in [5, 5.41) is 28.9. The number of nitrogens with one attached hydrogen (secondary N) is 1. The maximum Gasteiger partial charge on any atom is 0.260 e. The van der Waals surface area contributed by atoms with Crippen molar-refractivity contribution in [2.45, 2.75) is 32.2 Å². The van der Waals surface area contributed by atoms with Gasteiger partial charge in [0.25, 0.3) is 5.91 Å². The number of hydrogen-bond donors (Lipinski definition) is 3. The standard InChI is InChI=1S/C41H40N6O6/c1-25-33-22-30(49)14-16-34(33)47(39(25)27-8-12-29(48)13-9-27)23-26-6-10-28(11-7-26)45-18-20-46(21-19-45)37(51)24-53-35-5-3-4-31-38(43-44(2)40(31)35)32-15-17-36(50)42-41(32)52/h3-14,16,22,32,48-49H,15,17-21,23-24H2,1-2H3,(H,42,50,52). The van der Waals surface area contributed by atoms with E-state index in [1.807, 2.05) is 35.2 Å². The van der Waals surface area contributed by atoms with E-state index in [0.29, 0.717) is 56.1 Å². The zero-order chi connectivity index (χ0) is 36.8. The first kappa shape index (κ1) is 33.8. The van der Waals surface area contributed by atoms with Crippen molar-refractivity contribution in [3.8, 4) is 28.5 Å². The van der Waals surface area contributed by atoms with Crippen LogP contribution < -0.4 is 15.0 Å². The van der Waals surface area contributed by atoms with E-state index in [2.05, 4.69) is 51.1 Å². The number of rotatable bonds is 8. The number of anilines is 1. The molecule has 0 bridgehead atoms. The summed E-state index contributed by atoms with van der Waals surface area (Å²) in [5.74, 6) is -0.296. The molecule has 2 fully saturated rings. The van der Waals surface area contributed by atoms with Crippen LogP contribution in [0, 0.1) is 6.92 Å². The van der Waals surface area contributed by atoms with Gasteiger partial charge in [0.1, 0.15) is 22.8 Å². The summed E-state index contributed by atoms with van der Waals surface area (Å²) < 4.78 is 9.98. The zero-order valence-electron chi connectivity index (χ0n) is 29.6. The van der Waals surface area contributed by atoms with E-state index in [9.17, 15) is 24.6 Å². The maximum absolute atomic E-state index is 13.3. The lowest BCUT2D eigenvalue weighted by Crippen LogP contribution is -2.50. The average Bonchev–Trinajstić information content (AvgIpc) is 3.64. The van der Waals surface area contributed by atoms with Crippen LogP contribution in [-0.4, -0.2) is 80.0 Å². The van der Waals surface area contributed by atoms with Gasteiger partial charge in [0, 0.05) is 68.2 Å². The predicted molar refractivity (Wildman–Crippen MR) is 201 cm³/mol. The zero-order valence-corrected chi connectivity index (χ0v) is 29.6. The second-order valence-corrected chi connectivity index (χ2v) is 13.8. The van der Waals surface area contributed by atoms with Gasteiger partial charge in [0.2, 0.25) is 11.8 Å². The molecule has 2 aliphatic rings. The third-order valence-electron chi connectivity index (χ3n) is 10.5. The minimum atomic E-state index is -0.523. The van der Waals surface area contributed by atoms with Crippen molar-refractivity contribution in [2.75, 3.05) is 37.7 Å². The smallest absolute Gasteiger partial charge is 0.260 e. The molecular formula is C41H40N6O6. The number of hydrogen-bond acceptors (Lipinski definition) is 8. The van der Waals surface area contributed by atoms with Crippen molar-refractivity contribution >= 4 is 45.2 Å². The number of nitrogens with zero attached hydrogens (tertiary/aromatic N) is 5. The fraction of sp³-hybridized carbons (Fsp3) is 0.268. The van der Waals surface area contributed by atoms with E-state index >= 15 is 0 Å². The third kappa shape index (κ3) is 6.41. The van der Waals surface area contributed by atoms with Crippen LogP contribution in [0.25, 0.3) is 33.1 Å². The number of phenols is 2. The lowest BCUT2D eigenvalue weighted by atomic mass is 9.93. The van der Waals surface area contributed by atoms with Gasteiger partial charge in [-0.15, -0.1) is 0 Å². The highest BCUT2D eigenvalue weighted by molar-refractivity contribution is 6.03. The molecule has 0 radical (unpaired) electrons. The molecule has 2 saturated heterocycles. The Labute approximate surface area is 305 Å². The van der Waals surface area contributed by atoms with E-state index in [4.69, 9.17) is 4.74 Å². The molecule has 4 aromatic carbocycles. The Morgan fingerprint density at radius 1 is 0.906 bits per heavy atom. The number of fused-ring (bicyclic) bond motifs is 2. The van der Waals surface area contributed by atoms with Crippen LogP contribution in [-0.2, 0) is 28.0 Å². The number of aromatic hydroxyl groups is 2. The number of phenolic OH excluding ortho intramolecular Hbond substituents is 2. The molecule has 4 heterocycles. The van der Waals surface area contributed by atoms with Crippen molar-refractivity contribution < 1.29 is 29.3 Å². The number of piperazine rings is 1. The fourth-order valence-corrected chi connectivity index (χ4v) is 7.76. The number of para-hydroxylation sites is 1. The average molecular weight is 713 g/mol. The van der Waals surface area contributed by atoms with E-state index in [1.165, 1.54) is 0 Å². The Morgan fingerprint density at radius 2 is 1.64 bits per heavy atom. The van der Waals surface area contributed by atoms with Crippen molar-refractivity contribution in [3.63, 3.8) is 0 Å². The SMILES string of the molecule is Cc1c(-c2ccc(O)cc2)n(Cc2ccc(N3CCN(C(=O)COc4cccc5c(C6CCC(=O)NC6=O)nn(C)c45)CC3)cc2)c2ccc(O)cc12. The molecule has 8 rings (SSSR count). The molecule has 0 saturated carbocycles. The molecule has 0 aliphatic carbocycles. The Hall–Kier alpha value is -6.30. The summed E-state index contributed by atoms with van der Waals surface area (Å²) in [7, 11) is 1.78. The summed E-state index contributed by atoms with van der Waals surface area (Å²) in [4.78, 5) is 41.6. The van der Waals surface area contributed by atoms with Gasteiger partial charge in [0.05, 0.1) is 17.3 Å².